The molecule has 0 amide bonds. The third-order valence-electron chi connectivity index (χ3n) is 3.92. The fourth-order valence-corrected chi connectivity index (χ4v) is 2.43. The summed E-state index contributed by atoms with van der Waals surface area (Å²) < 4.78 is 2.32. The Kier molecular flexibility index (Phi) is 3.87. The monoisotopic (exact) mass is 235 g/mol. The zero-order valence-corrected chi connectivity index (χ0v) is 11.3. The summed E-state index contributed by atoms with van der Waals surface area (Å²) in [7, 11) is 0. The summed E-state index contributed by atoms with van der Waals surface area (Å²) in [5.74, 6) is 1.41. The van der Waals surface area contributed by atoms with Gasteiger partial charge in [0.1, 0.15) is 0 Å². The van der Waals surface area contributed by atoms with Gasteiger partial charge in [-0.15, -0.1) is 0 Å². The third-order valence-corrected chi connectivity index (χ3v) is 3.92. The van der Waals surface area contributed by atoms with Crippen LogP contribution in [0.1, 0.15) is 64.2 Å². The first-order valence-corrected chi connectivity index (χ1v) is 6.90. The van der Waals surface area contributed by atoms with Crippen LogP contribution in [0.5, 0.6) is 0 Å². The first-order valence-electron chi connectivity index (χ1n) is 6.90. The number of nitrogens with two attached hydrogens (primary N) is 1. The maximum Gasteiger partial charge on any atom is 0.0951 e. The minimum atomic E-state index is 0.103. The van der Waals surface area contributed by atoms with Crippen molar-refractivity contribution in [3.8, 4) is 0 Å². The predicted molar refractivity (Wildman–Crippen MR) is 70.7 cm³/mol. The molecule has 1 aromatic heterocycles. The summed E-state index contributed by atoms with van der Waals surface area (Å²) in [6, 6.07) is 0.690. The van der Waals surface area contributed by atoms with Crippen LogP contribution in [0.15, 0.2) is 12.5 Å². The molecule has 1 heterocycles. The first-order chi connectivity index (χ1) is 8.13. The van der Waals surface area contributed by atoms with Crippen molar-refractivity contribution in [1.82, 2.24) is 9.55 Å². The summed E-state index contributed by atoms with van der Waals surface area (Å²) in [6.07, 6.45) is 9.21. The molecule has 1 aliphatic carbocycles. The number of hydrogen-bond donors (Lipinski definition) is 1. The molecular formula is C14H25N3. The van der Waals surface area contributed by atoms with Crippen LogP contribution in [-0.4, -0.2) is 9.55 Å². The Morgan fingerprint density at radius 3 is 2.71 bits per heavy atom. The van der Waals surface area contributed by atoms with E-state index in [-0.39, 0.29) is 6.04 Å². The van der Waals surface area contributed by atoms with Crippen LogP contribution in [0.4, 0.5) is 0 Å². The van der Waals surface area contributed by atoms with Gasteiger partial charge in [-0.2, -0.15) is 0 Å². The van der Waals surface area contributed by atoms with Gasteiger partial charge in [0, 0.05) is 18.3 Å². The molecule has 2 atom stereocenters. The van der Waals surface area contributed by atoms with Crippen molar-refractivity contribution in [3.05, 3.63) is 18.2 Å². The number of imidazole rings is 1. The lowest BCUT2D eigenvalue weighted by molar-refractivity contribution is 0.391. The highest BCUT2D eigenvalue weighted by atomic mass is 15.1. The molecule has 2 rings (SSSR count). The van der Waals surface area contributed by atoms with Crippen LogP contribution in [0, 0.1) is 11.8 Å². The van der Waals surface area contributed by atoms with E-state index in [0.29, 0.717) is 12.0 Å². The fraction of sp³-hybridized carbons (Fsp3) is 0.786. The van der Waals surface area contributed by atoms with Crippen LogP contribution in [-0.2, 0) is 0 Å². The second-order valence-corrected chi connectivity index (χ2v) is 5.74. The minimum Gasteiger partial charge on any atom is -0.330 e. The molecule has 1 aliphatic rings. The zero-order valence-electron chi connectivity index (χ0n) is 11.3. The highest BCUT2D eigenvalue weighted by Crippen LogP contribution is 2.38. The van der Waals surface area contributed by atoms with Crippen molar-refractivity contribution < 1.29 is 0 Å². The Bertz CT molecular complexity index is 352. The quantitative estimate of drug-likeness (QED) is 0.822. The maximum atomic E-state index is 6.26. The second kappa shape index (κ2) is 5.21. The molecule has 1 aromatic rings. The van der Waals surface area contributed by atoms with Gasteiger partial charge in [-0.1, -0.05) is 33.6 Å². The molecule has 17 heavy (non-hydrogen) atoms. The van der Waals surface area contributed by atoms with Crippen LogP contribution < -0.4 is 5.73 Å². The average molecular weight is 235 g/mol. The van der Waals surface area contributed by atoms with Crippen LogP contribution in [0.3, 0.4) is 0 Å². The molecule has 0 aromatic carbocycles. The number of aromatic nitrogens is 2. The lowest BCUT2D eigenvalue weighted by Crippen LogP contribution is -2.22. The molecule has 0 saturated heterocycles. The van der Waals surface area contributed by atoms with Gasteiger partial charge in [-0.25, -0.2) is 4.98 Å². The molecule has 2 N–H and O–H groups in total. The van der Waals surface area contributed by atoms with Gasteiger partial charge in [-0.3, -0.25) is 0 Å². The standard InChI is InChI=1S/C14H25N3/c1-4-12(7-11-5-6-11)17-9-16-8-13(17)14(15)10(2)3/h8-12,14H,4-7,15H2,1-3H3. The van der Waals surface area contributed by atoms with E-state index >= 15 is 0 Å². The molecule has 0 radical (unpaired) electrons. The molecule has 0 bridgehead atoms. The normalized spacial score (nSPS) is 19.6. The van der Waals surface area contributed by atoms with E-state index in [0.717, 1.165) is 5.92 Å². The molecule has 3 nitrogen and oxygen atoms in total. The van der Waals surface area contributed by atoms with E-state index in [1.807, 2.05) is 12.5 Å². The molecule has 1 fully saturated rings. The van der Waals surface area contributed by atoms with E-state index in [1.54, 1.807) is 0 Å². The lowest BCUT2D eigenvalue weighted by atomic mass is 10.0. The van der Waals surface area contributed by atoms with Crippen LogP contribution in [0.25, 0.3) is 0 Å². The van der Waals surface area contributed by atoms with Crippen molar-refractivity contribution in [3.63, 3.8) is 0 Å². The van der Waals surface area contributed by atoms with Gasteiger partial charge in [0.25, 0.3) is 0 Å². The highest BCUT2D eigenvalue weighted by Gasteiger charge is 2.27. The van der Waals surface area contributed by atoms with Gasteiger partial charge >= 0.3 is 0 Å². The lowest BCUT2D eigenvalue weighted by Gasteiger charge is -2.24. The summed E-state index contributed by atoms with van der Waals surface area (Å²) in [4.78, 5) is 4.31. The number of rotatable bonds is 6. The van der Waals surface area contributed by atoms with E-state index in [4.69, 9.17) is 5.73 Å². The summed E-state index contributed by atoms with van der Waals surface area (Å²) in [5.41, 5.74) is 7.46. The Morgan fingerprint density at radius 2 is 2.18 bits per heavy atom. The largest absolute Gasteiger partial charge is 0.330 e. The highest BCUT2D eigenvalue weighted by molar-refractivity contribution is 5.07. The van der Waals surface area contributed by atoms with E-state index in [1.165, 1.54) is 31.4 Å². The summed E-state index contributed by atoms with van der Waals surface area (Å²) in [6.45, 7) is 6.60. The molecule has 96 valence electrons. The Hall–Kier alpha value is -0.830. The number of nitrogens with zero attached hydrogens (tertiary/aromatic N) is 2. The van der Waals surface area contributed by atoms with Crippen molar-refractivity contribution in [1.29, 1.82) is 0 Å². The Labute approximate surface area is 104 Å². The van der Waals surface area contributed by atoms with E-state index in [2.05, 4.69) is 30.3 Å². The van der Waals surface area contributed by atoms with Crippen molar-refractivity contribution in [2.45, 2.75) is 58.5 Å². The van der Waals surface area contributed by atoms with Gasteiger partial charge in [0.15, 0.2) is 0 Å². The Balaban J connectivity index is 2.15. The van der Waals surface area contributed by atoms with Gasteiger partial charge in [0.05, 0.1) is 12.0 Å². The van der Waals surface area contributed by atoms with Gasteiger partial charge in [-0.05, 0) is 24.7 Å². The van der Waals surface area contributed by atoms with Crippen LogP contribution in [0.2, 0.25) is 0 Å². The molecule has 3 heteroatoms. The van der Waals surface area contributed by atoms with Crippen LogP contribution >= 0.6 is 0 Å². The summed E-state index contributed by atoms with van der Waals surface area (Å²) in [5, 5.41) is 0. The van der Waals surface area contributed by atoms with Crippen molar-refractivity contribution in [2.75, 3.05) is 0 Å². The predicted octanol–water partition coefficient (Wildman–Crippen LogP) is 3.29. The molecular weight excluding hydrogens is 210 g/mol. The van der Waals surface area contributed by atoms with Gasteiger partial charge < -0.3 is 10.3 Å². The third kappa shape index (κ3) is 2.89. The fourth-order valence-electron chi connectivity index (χ4n) is 2.43. The van der Waals surface area contributed by atoms with Gasteiger partial charge in [0.2, 0.25) is 0 Å². The molecule has 0 aliphatic heterocycles. The Morgan fingerprint density at radius 1 is 1.47 bits per heavy atom. The topological polar surface area (TPSA) is 43.8 Å². The van der Waals surface area contributed by atoms with E-state index in [9.17, 15) is 0 Å². The number of hydrogen-bond acceptors (Lipinski definition) is 2. The minimum absolute atomic E-state index is 0.103. The maximum absolute atomic E-state index is 6.26. The molecule has 1 saturated carbocycles. The second-order valence-electron chi connectivity index (χ2n) is 5.74. The van der Waals surface area contributed by atoms with Crippen molar-refractivity contribution >= 4 is 0 Å². The first kappa shape index (κ1) is 12.6. The molecule has 2 unspecified atom stereocenters. The molecule has 0 spiro atoms. The smallest absolute Gasteiger partial charge is 0.0951 e. The SMILES string of the molecule is CCC(CC1CC1)n1cncc1C(N)C(C)C. The average Bonchev–Trinajstić information content (AvgIpc) is 3.00. The summed E-state index contributed by atoms with van der Waals surface area (Å²) >= 11 is 0. The zero-order chi connectivity index (χ0) is 12.4. The van der Waals surface area contributed by atoms with E-state index < -0.39 is 0 Å². The van der Waals surface area contributed by atoms with Crippen molar-refractivity contribution in [2.24, 2.45) is 17.6 Å².